The first-order valence-corrected chi connectivity index (χ1v) is 10.5. The molecule has 0 spiro atoms. The summed E-state index contributed by atoms with van der Waals surface area (Å²) in [6.07, 6.45) is 1.44. The van der Waals surface area contributed by atoms with Gasteiger partial charge in [0.25, 0.3) is 0 Å². The van der Waals surface area contributed by atoms with Crippen LogP contribution >= 0.6 is 11.6 Å². The van der Waals surface area contributed by atoms with Crippen molar-refractivity contribution in [2.45, 2.75) is 25.9 Å². The first-order valence-electron chi connectivity index (χ1n) is 8.28. The molecular weight excluding hydrogens is 372 g/mol. The van der Waals surface area contributed by atoms with E-state index in [1.165, 1.54) is 0 Å². The summed E-state index contributed by atoms with van der Waals surface area (Å²) in [5, 5.41) is 0.413. The minimum absolute atomic E-state index is 0.262. The average molecular weight is 395 g/mol. The quantitative estimate of drug-likeness (QED) is 0.721. The molecule has 1 atom stereocenters. The lowest BCUT2D eigenvalue weighted by Crippen LogP contribution is -2.49. The van der Waals surface area contributed by atoms with Gasteiger partial charge in [0, 0.05) is 18.6 Å². The largest absolute Gasteiger partial charge is 0.340 e. The molecule has 0 fully saturated rings. The molecule has 0 bridgehead atoms. The van der Waals surface area contributed by atoms with Gasteiger partial charge < -0.3 is 4.90 Å². The fourth-order valence-corrected chi connectivity index (χ4v) is 4.23. The molecule has 5 nitrogen and oxygen atoms in total. The molecule has 2 aromatic carbocycles. The minimum atomic E-state index is -3.67. The summed E-state index contributed by atoms with van der Waals surface area (Å²) in [7, 11) is -1.99. The third-order valence-corrected chi connectivity index (χ3v) is 5.43. The number of carbonyl (C=O) groups excluding carboxylic acids is 1. The molecule has 7 heteroatoms. The van der Waals surface area contributed by atoms with Gasteiger partial charge in [-0.05, 0) is 30.2 Å². The molecule has 0 aliphatic rings. The summed E-state index contributed by atoms with van der Waals surface area (Å²) < 4.78 is 26.0. The zero-order valence-corrected chi connectivity index (χ0v) is 16.7. The van der Waals surface area contributed by atoms with Crippen molar-refractivity contribution in [1.82, 2.24) is 4.90 Å². The van der Waals surface area contributed by atoms with Gasteiger partial charge in [-0.3, -0.25) is 9.10 Å². The van der Waals surface area contributed by atoms with E-state index in [4.69, 9.17) is 11.6 Å². The topological polar surface area (TPSA) is 57.7 Å². The maximum atomic E-state index is 13.0. The van der Waals surface area contributed by atoms with Gasteiger partial charge in [-0.15, -0.1) is 0 Å². The molecule has 0 aromatic heterocycles. The highest BCUT2D eigenvalue weighted by Gasteiger charge is 2.33. The molecular formula is C19H23ClN2O3S. The summed E-state index contributed by atoms with van der Waals surface area (Å²) >= 11 is 6.02. The third-order valence-electron chi connectivity index (χ3n) is 4.01. The van der Waals surface area contributed by atoms with Crippen molar-refractivity contribution in [3.05, 3.63) is 65.2 Å². The average Bonchev–Trinajstić information content (AvgIpc) is 2.58. The number of nitrogens with zero attached hydrogens (tertiary/aromatic N) is 2. The van der Waals surface area contributed by atoms with Gasteiger partial charge in [-0.25, -0.2) is 8.42 Å². The number of benzene rings is 2. The monoisotopic (exact) mass is 394 g/mol. The van der Waals surface area contributed by atoms with Crippen LogP contribution in [0.4, 0.5) is 5.69 Å². The van der Waals surface area contributed by atoms with E-state index < -0.39 is 16.1 Å². The van der Waals surface area contributed by atoms with E-state index in [2.05, 4.69) is 0 Å². The molecule has 0 saturated heterocycles. The Morgan fingerprint density at radius 3 is 2.31 bits per heavy atom. The van der Waals surface area contributed by atoms with E-state index in [0.29, 0.717) is 23.7 Å². The second-order valence-electron chi connectivity index (χ2n) is 6.14. The fraction of sp³-hybridized carbons (Fsp3) is 0.316. The Balaban J connectivity index is 2.33. The van der Waals surface area contributed by atoms with Crippen molar-refractivity contribution in [3.8, 4) is 0 Å². The first-order chi connectivity index (χ1) is 12.2. The van der Waals surface area contributed by atoms with Crippen LogP contribution in [0.25, 0.3) is 0 Å². The lowest BCUT2D eigenvalue weighted by atomic mass is 10.1. The van der Waals surface area contributed by atoms with Gasteiger partial charge in [-0.1, -0.05) is 54.9 Å². The summed E-state index contributed by atoms with van der Waals surface area (Å²) in [4.78, 5) is 14.6. The second kappa shape index (κ2) is 8.56. The van der Waals surface area contributed by atoms with Gasteiger partial charge in [0.15, 0.2) is 0 Å². The van der Waals surface area contributed by atoms with Crippen LogP contribution in [0.1, 0.15) is 18.9 Å². The highest BCUT2D eigenvalue weighted by molar-refractivity contribution is 7.92. The van der Waals surface area contributed by atoms with Crippen molar-refractivity contribution in [2.24, 2.45) is 0 Å². The number of rotatable bonds is 7. The van der Waals surface area contributed by atoms with Crippen molar-refractivity contribution < 1.29 is 13.2 Å². The fourth-order valence-electron chi connectivity index (χ4n) is 2.85. The lowest BCUT2D eigenvalue weighted by Gasteiger charge is -2.33. The first kappa shape index (κ1) is 20.3. The SMILES string of the molecule is CC[C@H](C(=O)N(C)Cc1ccccc1)N(c1cccc(Cl)c1)S(C)(=O)=O. The Labute approximate surface area is 160 Å². The third kappa shape index (κ3) is 4.99. The zero-order valence-electron chi connectivity index (χ0n) is 15.1. The molecule has 0 N–H and O–H groups in total. The number of hydrogen-bond acceptors (Lipinski definition) is 3. The molecule has 26 heavy (non-hydrogen) atoms. The van der Waals surface area contributed by atoms with Crippen LogP contribution in [-0.4, -0.2) is 38.6 Å². The number of halogens is 1. The van der Waals surface area contributed by atoms with Crippen LogP contribution < -0.4 is 4.31 Å². The van der Waals surface area contributed by atoms with Crippen LogP contribution in [0.3, 0.4) is 0 Å². The number of amides is 1. The van der Waals surface area contributed by atoms with E-state index >= 15 is 0 Å². The second-order valence-corrected chi connectivity index (χ2v) is 8.44. The maximum Gasteiger partial charge on any atom is 0.246 e. The Kier molecular flexibility index (Phi) is 6.67. The Bertz CT molecular complexity index is 856. The van der Waals surface area contributed by atoms with Crippen molar-refractivity contribution in [2.75, 3.05) is 17.6 Å². The van der Waals surface area contributed by atoms with Gasteiger partial charge in [0.2, 0.25) is 15.9 Å². The van der Waals surface area contributed by atoms with Crippen molar-refractivity contribution in [1.29, 1.82) is 0 Å². The number of likely N-dealkylation sites (N-methyl/N-ethyl adjacent to an activating group) is 1. The van der Waals surface area contributed by atoms with Gasteiger partial charge in [0.1, 0.15) is 6.04 Å². The maximum absolute atomic E-state index is 13.0. The molecule has 0 unspecified atom stereocenters. The van der Waals surface area contributed by atoms with Crippen LogP contribution in [-0.2, 0) is 21.4 Å². The van der Waals surface area contributed by atoms with Crippen LogP contribution in [0, 0.1) is 0 Å². The van der Waals surface area contributed by atoms with Crippen LogP contribution in [0.2, 0.25) is 5.02 Å². The van der Waals surface area contributed by atoms with Gasteiger partial charge in [0.05, 0.1) is 11.9 Å². The van der Waals surface area contributed by atoms with Crippen molar-refractivity contribution >= 4 is 33.2 Å². The molecule has 0 aliphatic carbocycles. The van der Waals surface area contributed by atoms with E-state index in [1.807, 2.05) is 30.3 Å². The Hall–Kier alpha value is -2.05. The van der Waals surface area contributed by atoms with Gasteiger partial charge >= 0.3 is 0 Å². The standard InChI is InChI=1S/C19H23ClN2O3S/c1-4-18(19(23)21(2)14-15-9-6-5-7-10-15)22(26(3,24)25)17-12-8-11-16(20)13-17/h5-13,18H,4,14H2,1-3H3/t18-/m1/s1. The van der Waals surface area contributed by atoms with E-state index in [0.717, 1.165) is 16.1 Å². The summed E-state index contributed by atoms with van der Waals surface area (Å²) in [6.45, 7) is 2.20. The Morgan fingerprint density at radius 1 is 1.12 bits per heavy atom. The predicted octanol–water partition coefficient (Wildman–Crippen LogP) is 3.54. The highest BCUT2D eigenvalue weighted by Crippen LogP contribution is 2.26. The smallest absolute Gasteiger partial charge is 0.246 e. The predicted molar refractivity (Wildman–Crippen MR) is 106 cm³/mol. The molecule has 1 amide bonds. The Morgan fingerprint density at radius 2 is 1.77 bits per heavy atom. The summed E-state index contributed by atoms with van der Waals surface area (Å²) in [6, 6.07) is 15.2. The minimum Gasteiger partial charge on any atom is -0.340 e. The van der Waals surface area contributed by atoms with E-state index in [1.54, 1.807) is 43.1 Å². The molecule has 0 saturated carbocycles. The normalized spacial score (nSPS) is 12.5. The van der Waals surface area contributed by atoms with E-state index in [9.17, 15) is 13.2 Å². The number of hydrogen-bond donors (Lipinski definition) is 0. The van der Waals surface area contributed by atoms with Crippen LogP contribution in [0.5, 0.6) is 0 Å². The number of anilines is 1. The number of carbonyl (C=O) groups is 1. The summed E-state index contributed by atoms with van der Waals surface area (Å²) in [5.41, 5.74) is 1.36. The zero-order chi connectivity index (χ0) is 19.3. The van der Waals surface area contributed by atoms with E-state index in [-0.39, 0.29) is 5.91 Å². The molecule has 2 rings (SSSR count). The molecule has 0 heterocycles. The molecule has 2 aromatic rings. The van der Waals surface area contributed by atoms with Crippen molar-refractivity contribution in [3.63, 3.8) is 0 Å². The summed E-state index contributed by atoms with van der Waals surface area (Å²) in [5.74, 6) is -0.262. The van der Waals surface area contributed by atoms with Crippen LogP contribution in [0.15, 0.2) is 54.6 Å². The number of sulfonamides is 1. The molecule has 140 valence electrons. The molecule has 0 radical (unpaired) electrons. The highest BCUT2D eigenvalue weighted by atomic mass is 35.5. The molecule has 0 aliphatic heterocycles. The lowest BCUT2D eigenvalue weighted by molar-refractivity contribution is -0.131. The van der Waals surface area contributed by atoms with Gasteiger partial charge in [-0.2, -0.15) is 0 Å².